The summed E-state index contributed by atoms with van der Waals surface area (Å²) < 4.78 is 5.14. The normalized spacial score (nSPS) is 22.5. The number of ether oxygens (including phenoxy) is 1. The SMILES string of the molecule is COc1cccc2c1C(=O)c1c(O)c3c(c(O)c1C2=O)C[C@@](O)(C(=O)O)C[C@@H]3O. The Morgan fingerprint density at radius 3 is 2.38 bits per heavy atom. The van der Waals surface area contributed by atoms with Crippen LogP contribution in [-0.4, -0.2) is 55.8 Å². The first-order valence-electron chi connectivity index (χ1n) is 8.63. The van der Waals surface area contributed by atoms with E-state index in [2.05, 4.69) is 0 Å². The maximum atomic E-state index is 13.1. The summed E-state index contributed by atoms with van der Waals surface area (Å²) in [6.07, 6.45) is -3.00. The second kappa shape index (κ2) is 6.03. The van der Waals surface area contributed by atoms with Gasteiger partial charge in [0.1, 0.15) is 17.2 Å². The molecule has 2 atom stereocenters. The van der Waals surface area contributed by atoms with E-state index in [0.717, 1.165) is 0 Å². The van der Waals surface area contributed by atoms with Gasteiger partial charge in [-0.05, 0) is 6.07 Å². The van der Waals surface area contributed by atoms with Gasteiger partial charge in [0.2, 0.25) is 5.78 Å². The molecule has 9 nitrogen and oxygen atoms in total. The summed E-state index contributed by atoms with van der Waals surface area (Å²) >= 11 is 0. The Morgan fingerprint density at radius 2 is 1.76 bits per heavy atom. The van der Waals surface area contributed by atoms with Gasteiger partial charge in [0.15, 0.2) is 11.4 Å². The highest BCUT2D eigenvalue weighted by Crippen LogP contribution is 2.50. The highest BCUT2D eigenvalue weighted by molar-refractivity contribution is 6.31. The van der Waals surface area contributed by atoms with Crippen LogP contribution in [0.4, 0.5) is 0 Å². The fraction of sp³-hybridized carbons (Fsp3) is 0.250. The molecule has 0 bridgehead atoms. The van der Waals surface area contributed by atoms with E-state index in [0.29, 0.717) is 0 Å². The molecule has 0 spiro atoms. The van der Waals surface area contributed by atoms with Crippen molar-refractivity contribution in [2.75, 3.05) is 7.11 Å². The van der Waals surface area contributed by atoms with Gasteiger partial charge in [0.05, 0.1) is 29.9 Å². The molecule has 0 saturated carbocycles. The largest absolute Gasteiger partial charge is 0.507 e. The Hall–Kier alpha value is -3.43. The van der Waals surface area contributed by atoms with E-state index in [1.54, 1.807) is 0 Å². The molecule has 0 heterocycles. The number of fused-ring (bicyclic) bond motifs is 3. The Morgan fingerprint density at radius 1 is 1.10 bits per heavy atom. The third kappa shape index (κ3) is 2.38. The smallest absolute Gasteiger partial charge is 0.336 e. The molecule has 0 fully saturated rings. The van der Waals surface area contributed by atoms with E-state index in [4.69, 9.17) is 4.74 Å². The fourth-order valence-electron chi connectivity index (χ4n) is 4.11. The van der Waals surface area contributed by atoms with Gasteiger partial charge in [0.25, 0.3) is 0 Å². The van der Waals surface area contributed by atoms with E-state index in [1.807, 2.05) is 0 Å². The van der Waals surface area contributed by atoms with Crippen molar-refractivity contribution in [3.63, 3.8) is 0 Å². The van der Waals surface area contributed by atoms with E-state index in [9.17, 15) is 39.9 Å². The number of hydrogen-bond acceptors (Lipinski definition) is 8. The molecule has 5 N–H and O–H groups in total. The maximum Gasteiger partial charge on any atom is 0.336 e. The fourth-order valence-corrected chi connectivity index (χ4v) is 4.11. The first-order valence-corrected chi connectivity index (χ1v) is 8.63. The highest BCUT2D eigenvalue weighted by atomic mass is 16.5. The van der Waals surface area contributed by atoms with Crippen LogP contribution in [0.15, 0.2) is 18.2 Å². The van der Waals surface area contributed by atoms with Crippen LogP contribution in [0.1, 0.15) is 55.5 Å². The van der Waals surface area contributed by atoms with E-state index < -0.39 is 64.7 Å². The van der Waals surface area contributed by atoms with E-state index >= 15 is 0 Å². The average Bonchev–Trinajstić information content (AvgIpc) is 2.67. The molecular weight excluding hydrogens is 384 g/mol. The van der Waals surface area contributed by atoms with Crippen LogP contribution in [-0.2, 0) is 11.2 Å². The second-order valence-electron chi connectivity index (χ2n) is 7.11. The van der Waals surface area contributed by atoms with Crippen LogP contribution in [0.3, 0.4) is 0 Å². The summed E-state index contributed by atoms with van der Waals surface area (Å²) in [5, 5.41) is 51.5. The van der Waals surface area contributed by atoms with Gasteiger partial charge in [-0.2, -0.15) is 0 Å². The maximum absolute atomic E-state index is 13.1. The zero-order valence-electron chi connectivity index (χ0n) is 15.1. The topological polar surface area (TPSA) is 162 Å². The summed E-state index contributed by atoms with van der Waals surface area (Å²) in [5.74, 6) is -4.57. The van der Waals surface area contributed by atoms with Crippen molar-refractivity contribution in [3.05, 3.63) is 51.6 Å². The van der Waals surface area contributed by atoms with E-state index in [-0.39, 0.29) is 28.0 Å². The highest BCUT2D eigenvalue weighted by Gasteiger charge is 2.48. The minimum absolute atomic E-state index is 0.0543. The van der Waals surface area contributed by atoms with Gasteiger partial charge in [-0.25, -0.2) is 4.79 Å². The number of aromatic hydroxyl groups is 2. The number of carboxylic acid groups (broad SMARTS) is 1. The van der Waals surface area contributed by atoms with Crippen molar-refractivity contribution in [2.45, 2.75) is 24.5 Å². The average molecular weight is 400 g/mol. The Bertz CT molecular complexity index is 1120. The van der Waals surface area contributed by atoms with Gasteiger partial charge in [0, 0.05) is 29.5 Å². The number of phenolic OH excluding ortho intramolecular Hbond substituents is 2. The number of rotatable bonds is 2. The monoisotopic (exact) mass is 400 g/mol. The van der Waals surface area contributed by atoms with Crippen molar-refractivity contribution in [3.8, 4) is 17.2 Å². The number of hydrogen-bond donors (Lipinski definition) is 5. The predicted molar refractivity (Wildman–Crippen MR) is 95.5 cm³/mol. The molecule has 2 aliphatic carbocycles. The summed E-state index contributed by atoms with van der Waals surface area (Å²) in [5.41, 5.74) is -4.13. The molecule has 150 valence electrons. The lowest BCUT2D eigenvalue weighted by atomic mass is 9.73. The molecule has 0 unspecified atom stereocenters. The third-order valence-electron chi connectivity index (χ3n) is 5.49. The molecule has 0 aliphatic heterocycles. The second-order valence-corrected chi connectivity index (χ2v) is 7.11. The molecule has 0 radical (unpaired) electrons. The van der Waals surface area contributed by atoms with Crippen LogP contribution < -0.4 is 4.74 Å². The van der Waals surface area contributed by atoms with Gasteiger partial charge in [-0.15, -0.1) is 0 Å². The van der Waals surface area contributed by atoms with Crippen molar-refractivity contribution in [1.29, 1.82) is 0 Å². The number of carboxylic acids is 1. The molecule has 0 amide bonds. The van der Waals surface area contributed by atoms with Gasteiger partial charge < -0.3 is 30.3 Å². The van der Waals surface area contributed by atoms with E-state index in [1.165, 1.54) is 25.3 Å². The molecule has 2 aromatic rings. The van der Waals surface area contributed by atoms with Gasteiger partial charge in [-0.3, -0.25) is 9.59 Å². The lowest BCUT2D eigenvalue weighted by Crippen LogP contribution is -2.45. The molecule has 0 aromatic heterocycles. The van der Waals surface area contributed by atoms with Crippen molar-refractivity contribution in [2.24, 2.45) is 0 Å². The minimum atomic E-state index is -2.41. The number of benzene rings is 2. The molecule has 9 heteroatoms. The minimum Gasteiger partial charge on any atom is -0.507 e. The van der Waals surface area contributed by atoms with Gasteiger partial charge >= 0.3 is 5.97 Å². The number of phenols is 2. The molecular formula is C20H16O9. The molecule has 0 saturated heterocycles. The molecule has 2 aliphatic rings. The zero-order valence-corrected chi connectivity index (χ0v) is 15.1. The Balaban J connectivity index is 2.04. The number of methoxy groups -OCH3 is 1. The number of carbonyl (C=O) groups is 3. The Kier molecular flexibility index (Phi) is 3.93. The zero-order chi connectivity index (χ0) is 21.2. The number of ketones is 2. The van der Waals surface area contributed by atoms with Gasteiger partial charge in [-0.1, -0.05) is 12.1 Å². The first kappa shape index (κ1) is 18.9. The lowest BCUT2D eigenvalue weighted by Gasteiger charge is -2.35. The number of carbonyl (C=O) groups excluding carboxylic acids is 2. The number of aliphatic carboxylic acids is 1. The predicted octanol–water partition coefficient (Wildman–Crippen LogP) is 0.677. The van der Waals surface area contributed by atoms with Crippen LogP contribution in [0.5, 0.6) is 17.2 Å². The number of aliphatic hydroxyl groups is 2. The summed E-state index contributed by atoms with van der Waals surface area (Å²) in [4.78, 5) is 37.6. The lowest BCUT2D eigenvalue weighted by molar-refractivity contribution is -0.163. The van der Waals surface area contributed by atoms with Crippen LogP contribution in [0.25, 0.3) is 0 Å². The van der Waals surface area contributed by atoms with Crippen molar-refractivity contribution >= 4 is 17.5 Å². The third-order valence-corrected chi connectivity index (χ3v) is 5.49. The quantitative estimate of drug-likeness (QED) is 0.389. The summed E-state index contributed by atoms with van der Waals surface area (Å²) in [6.45, 7) is 0. The van der Waals surface area contributed by atoms with Crippen LogP contribution in [0, 0.1) is 0 Å². The number of aliphatic hydroxyl groups excluding tert-OH is 1. The molecule has 2 aromatic carbocycles. The standard InChI is InChI=1S/C20H16O9/c1-29-10-4-2-3-7-12(10)18(25)14-13(15(7)22)16(23)8-5-20(28,19(26)27)6-9(21)11(8)17(14)24/h2-4,9,21,23-24,28H,5-6H2,1H3,(H,26,27)/t9-,20-/m0/s1. The molecule has 4 rings (SSSR count). The van der Waals surface area contributed by atoms with Crippen LogP contribution in [0.2, 0.25) is 0 Å². The molecule has 29 heavy (non-hydrogen) atoms. The first-order chi connectivity index (χ1) is 13.6. The summed E-state index contributed by atoms with van der Waals surface area (Å²) in [6, 6.07) is 4.31. The van der Waals surface area contributed by atoms with Crippen molar-refractivity contribution in [1.82, 2.24) is 0 Å². The van der Waals surface area contributed by atoms with Crippen LogP contribution >= 0.6 is 0 Å². The van der Waals surface area contributed by atoms with Crippen molar-refractivity contribution < 1.29 is 44.7 Å². The Labute approximate surface area is 163 Å². The summed E-state index contributed by atoms with van der Waals surface area (Å²) in [7, 11) is 1.31.